The summed E-state index contributed by atoms with van der Waals surface area (Å²) in [4.78, 5) is 17.4. The highest BCUT2D eigenvalue weighted by Gasteiger charge is 2.40. The molecule has 1 amide bonds. The molecule has 1 aromatic carbocycles. The van der Waals surface area contributed by atoms with Gasteiger partial charge in [0.25, 0.3) is 0 Å². The molecule has 134 valence electrons. The number of benzene rings is 1. The van der Waals surface area contributed by atoms with E-state index < -0.39 is 5.41 Å². The number of thiazole rings is 1. The van der Waals surface area contributed by atoms with Gasteiger partial charge in [-0.3, -0.25) is 4.79 Å². The van der Waals surface area contributed by atoms with E-state index in [9.17, 15) is 4.79 Å². The number of carbonyl (C=O) groups is 1. The van der Waals surface area contributed by atoms with Crippen molar-refractivity contribution in [2.24, 2.45) is 5.41 Å². The van der Waals surface area contributed by atoms with Crippen LogP contribution < -0.4 is 10.6 Å². The number of anilines is 1. The predicted octanol–water partition coefficient (Wildman–Crippen LogP) is 3.33. The maximum atomic E-state index is 12.9. The van der Waals surface area contributed by atoms with Crippen LogP contribution in [0.2, 0.25) is 0 Å². The summed E-state index contributed by atoms with van der Waals surface area (Å²) in [7, 11) is 1.65. The molecule has 1 aliphatic rings. The average molecular weight is 359 g/mol. The number of nitrogens with one attached hydrogen (secondary N) is 2. The number of hydrogen-bond donors (Lipinski definition) is 2. The van der Waals surface area contributed by atoms with Gasteiger partial charge in [0.15, 0.2) is 5.13 Å². The average Bonchev–Trinajstić information content (AvgIpc) is 3.11. The fraction of sp³-hybridized carbons (Fsp3) is 0.474. The zero-order valence-electron chi connectivity index (χ0n) is 14.8. The SMILES string of the molecule is CCc1ccc(-c2csc(NC(=O)C3(COC)CCNCC3)n2)cc1. The highest BCUT2D eigenvalue weighted by Crippen LogP contribution is 2.32. The molecule has 0 bridgehead atoms. The van der Waals surface area contributed by atoms with Gasteiger partial charge in [-0.05, 0) is 37.9 Å². The number of aromatic nitrogens is 1. The van der Waals surface area contributed by atoms with Crippen molar-refractivity contribution >= 4 is 22.4 Å². The van der Waals surface area contributed by atoms with E-state index in [-0.39, 0.29) is 5.91 Å². The lowest BCUT2D eigenvalue weighted by atomic mass is 9.79. The maximum absolute atomic E-state index is 12.9. The maximum Gasteiger partial charge on any atom is 0.234 e. The number of hydrogen-bond acceptors (Lipinski definition) is 5. The van der Waals surface area contributed by atoms with Crippen LogP contribution >= 0.6 is 11.3 Å². The molecule has 0 unspecified atom stereocenters. The van der Waals surface area contributed by atoms with Gasteiger partial charge in [-0.15, -0.1) is 11.3 Å². The predicted molar refractivity (Wildman–Crippen MR) is 102 cm³/mol. The third kappa shape index (κ3) is 4.08. The summed E-state index contributed by atoms with van der Waals surface area (Å²) in [6.45, 7) is 4.26. The van der Waals surface area contributed by atoms with Crippen LogP contribution in [0.4, 0.5) is 5.13 Å². The molecule has 0 saturated carbocycles. The number of piperidine rings is 1. The van der Waals surface area contributed by atoms with E-state index in [1.54, 1.807) is 7.11 Å². The number of nitrogens with zero attached hydrogens (tertiary/aromatic N) is 1. The van der Waals surface area contributed by atoms with E-state index >= 15 is 0 Å². The Bertz CT molecular complexity index is 700. The minimum absolute atomic E-state index is 0.0121. The largest absolute Gasteiger partial charge is 0.384 e. The van der Waals surface area contributed by atoms with Crippen LogP contribution in [0.3, 0.4) is 0 Å². The van der Waals surface area contributed by atoms with Crippen LogP contribution in [-0.4, -0.2) is 37.7 Å². The van der Waals surface area contributed by atoms with Crippen molar-refractivity contribution in [2.75, 3.05) is 32.1 Å². The summed E-state index contributed by atoms with van der Waals surface area (Å²) in [6, 6.07) is 8.41. The molecule has 1 aliphatic heterocycles. The van der Waals surface area contributed by atoms with E-state index in [0.717, 1.165) is 43.6 Å². The second kappa shape index (κ2) is 8.08. The van der Waals surface area contributed by atoms with Gasteiger partial charge < -0.3 is 15.4 Å². The standard InChI is InChI=1S/C19H25N3O2S/c1-3-14-4-6-15(7-5-14)16-12-25-18(21-16)22-17(23)19(13-24-2)8-10-20-11-9-19/h4-7,12,20H,3,8-11,13H2,1-2H3,(H,21,22,23). The number of aryl methyl sites for hydroxylation is 1. The molecule has 6 heteroatoms. The summed E-state index contributed by atoms with van der Waals surface area (Å²) in [5.41, 5.74) is 2.81. The zero-order chi connectivity index (χ0) is 17.7. The molecule has 2 heterocycles. The molecule has 5 nitrogen and oxygen atoms in total. The summed E-state index contributed by atoms with van der Waals surface area (Å²) in [5, 5.41) is 8.95. The molecule has 1 fully saturated rings. The fourth-order valence-electron chi connectivity index (χ4n) is 3.22. The third-order valence-electron chi connectivity index (χ3n) is 4.85. The minimum Gasteiger partial charge on any atom is -0.384 e. The summed E-state index contributed by atoms with van der Waals surface area (Å²) >= 11 is 1.46. The Labute approximate surface area is 152 Å². The highest BCUT2D eigenvalue weighted by molar-refractivity contribution is 7.14. The first-order valence-corrected chi connectivity index (χ1v) is 9.61. The lowest BCUT2D eigenvalue weighted by Gasteiger charge is -2.35. The van der Waals surface area contributed by atoms with Gasteiger partial charge in [0.05, 0.1) is 17.7 Å². The van der Waals surface area contributed by atoms with Crippen molar-refractivity contribution in [3.05, 3.63) is 35.2 Å². The van der Waals surface area contributed by atoms with E-state index in [2.05, 4.69) is 46.8 Å². The van der Waals surface area contributed by atoms with Gasteiger partial charge in [-0.25, -0.2) is 4.98 Å². The van der Waals surface area contributed by atoms with Crippen LogP contribution in [-0.2, 0) is 16.0 Å². The van der Waals surface area contributed by atoms with Crippen molar-refractivity contribution in [3.8, 4) is 11.3 Å². The Morgan fingerprint density at radius 1 is 1.32 bits per heavy atom. The Morgan fingerprint density at radius 3 is 2.68 bits per heavy atom. The molecule has 0 spiro atoms. The molecule has 0 atom stereocenters. The molecular weight excluding hydrogens is 334 g/mol. The van der Waals surface area contributed by atoms with Crippen LogP contribution in [0, 0.1) is 5.41 Å². The molecular formula is C19H25N3O2S. The Hall–Kier alpha value is -1.76. The minimum atomic E-state index is -0.464. The topological polar surface area (TPSA) is 63.2 Å². The van der Waals surface area contributed by atoms with Crippen molar-refractivity contribution in [3.63, 3.8) is 0 Å². The highest BCUT2D eigenvalue weighted by atomic mass is 32.1. The lowest BCUT2D eigenvalue weighted by Crippen LogP contribution is -2.47. The first-order valence-electron chi connectivity index (χ1n) is 8.73. The van der Waals surface area contributed by atoms with Gasteiger partial charge in [-0.1, -0.05) is 31.2 Å². The number of amides is 1. The second-order valence-corrected chi connectivity index (χ2v) is 7.36. The summed E-state index contributed by atoms with van der Waals surface area (Å²) in [6.07, 6.45) is 2.59. The van der Waals surface area contributed by atoms with Gasteiger partial charge in [0.1, 0.15) is 0 Å². The summed E-state index contributed by atoms with van der Waals surface area (Å²) in [5.74, 6) is 0.0121. The van der Waals surface area contributed by atoms with E-state index in [1.807, 2.05) is 5.38 Å². The number of methoxy groups -OCH3 is 1. The molecule has 1 saturated heterocycles. The van der Waals surface area contributed by atoms with Crippen molar-refractivity contribution < 1.29 is 9.53 Å². The molecule has 2 N–H and O–H groups in total. The molecule has 3 rings (SSSR count). The molecule has 25 heavy (non-hydrogen) atoms. The van der Waals surface area contributed by atoms with Crippen molar-refractivity contribution in [1.82, 2.24) is 10.3 Å². The number of ether oxygens (including phenoxy) is 1. The quantitative estimate of drug-likeness (QED) is 0.830. The molecule has 0 radical (unpaired) electrons. The lowest BCUT2D eigenvalue weighted by molar-refractivity contribution is -0.130. The zero-order valence-corrected chi connectivity index (χ0v) is 15.6. The third-order valence-corrected chi connectivity index (χ3v) is 5.60. The van der Waals surface area contributed by atoms with Crippen LogP contribution in [0.25, 0.3) is 11.3 Å². The molecule has 0 aliphatic carbocycles. The first kappa shape index (κ1) is 18.0. The van der Waals surface area contributed by atoms with Gasteiger partial charge in [0, 0.05) is 18.1 Å². The van der Waals surface area contributed by atoms with E-state index in [1.165, 1.54) is 16.9 Å². The number of carbonyl (C=O) groups excluding carboxylic acids is 1. The molecule has 2 aromatic rings. The fourth-order valence-corrected chi connectivity index (χ4v) is 3.94. The van der Waals surface area contributed by atoms with Crippen LogP contribution in [0.15, 0.2) is 29.6 Å². The van der Waals surface area contributed by atoms with Crippen LogP contribution in [0.5, 0.6) is 0 Å². The number of rotatable bonds is 6. The van der Waals surface area contributed by atoms with E-state index in [0.29, 0.717) is 11.7 Å². The van der Waals surface area contributed by atoms with Crippen LogP contribution in [0.1, 0.15) is 25.3 Å². The monoisotopic (exact) mass is 359 g/mol. The second-order valence-electron chi connectivity index (χ2n) is 6.51. The Balaban J connectivity index is 1.72. The first-order chi connectivity index (χ1) is 12.2. The summed E-state index contributed by atoms with van der Waals surface area (Å²) < 4.78 is 5.33. The molecule has 1 aromatic heterocycles. The van der Waals surface area contributed by atoms with Crippen molar-refractivity contribution in [1.29, 1.82) is 0 Å². The van der Waals surface area contributed by atoms with Crippen molar-refractivity contribution in [2.45, 2.75) is 26.2 Å². The Kier molecular flexibility index (Phi) is 5.83. The van der Waals surface area contributed by atoms with Gasteiger partial charge in [0.2, 0.25) is 5.91 Å². The Morgan fingerprint density at radius 2 is 2.04 bits per heavy atom. The van der Waals surface area contributed by atoms with E-state index in [4.69, 9.17) is 4.74 Å². The normalized spacial score (nSPS) is 16.6. The smallest absolute Gasteiger partial charge is 0.234 e. The van der Waals surface area contributed by atoms with Gasteiger partial charge >= 0.3 is 0 Å². The van der Waals surface area contributed by atoms with Gasteiger partial charge in [-0.2, -0.15) is 0 Å².